The van der Waals surface area contributed by atoms with Gasteiger partial charge >= 0.3 is 0 Å². The van der Waals surface area contributed by atoms with Crippen LogP contribution < -0.4 is 11.1 Å². The van der Waals surface area contributed by atoms with Gasteiger partial charge in [-0.2, -0.15) is 0 Å². The smallest absolute Gasteiger partial charge is 0.122 e. The molecule has 0 aliphatic carbocycles. The third-order valence-corrected chi connectivity index (χ3v) is 2.84. The summed E-state index contributed by atoms with van der Waals surface area (Å²) >= 11 is 4.88. The number of aromatic nitrogens is 1. The van der Waals surface area contributed by atoms with Crippen LogP contribution >= 0.6 is 12.2 Å². The summed E-state index contributed by atoms with van der Waals surface area (Å²) in [6.07, 6.45) is 2.84. The average Bonchev–Trinajstić information content (AvgIpc) is 2.79. The minimum atomic E-state index is 0.327. The maximum atomic E-state index is 5.52. The van der Waals surface area contributed by atoms with Crippen LogP contribution in [0.15, 0.2) is 18.3 Å². The maximum absolute atomic E-state index is 5.52. The minimum absolute atomic E-state index is 0.327. The van der Waals surface area contributed by atoms with Crippen LogP contribution in [0.3, 0.4) is 0 Å². The first-order valence-corrected chi connectivity index (χ1v) is 5.74. The van der Waals surface area contributed by atoms with Crippen molar-refractivity contribution in [3.8, 4) is 0 Å². The van der Waals surface area contributed by atoms with Crippen molar-refractivity contribution in [2.75, 3.05) is 25.1 Å². The summed E-state index contributed by atoms with van der Waals surface area (Å²) in [5, 5.41) is 3.35. The van der Waals surface area contributed by atoms with Gasteiger partial charge in [0.1, 0.15) is 4.99 Å². The Morgan fingerprint density at radius 3 is 3.25 bits per heavy atom. The van der Waals surface area contributed by atoms with Crippen LogP contribution in [0.4, 0.5) is 5.69 Å². The topological polar surface area (TPSA) is 60.2 Å². The Morgan fingerprint density at radius 1 is 1.69 bits per heavy atom. The highest BCUT2D eigenvalue weighted by atomic mass is 32.1. The van der Waals surface area contributed by atoms with Crippen molar-refractivity contribution in [1.82, 2.24) is 4.98 Å². The van der Waals surface area contributed by atoms with Crippen molar-refractivity contribution in [1.29, 1.82) is 0 Å². The molecule has 0 bridgehead atoms. The number of ether oxygens (including phenoxy) is 1. The van der Waals surface area contributed by atoms with Gasteiger partial charge in [0.05, 0.1) is 12.3 Å². The average molecular weight is 237 g/mol. The molecule has 1 aliphatic rings. The SMILES string of the molecule is NC(=S)c1cc(NCC2CCOC2)ccn1. The van der Waals surface area contributed by atoms with E-state index in [1.54, 1.807) is 6.20 Å². The first kappa shape index (κ1) is 11.3. The molecule has 0 spiro atoms. The Hall–Kier alpha value is -1.20. The lowest BCUT2D eigenvalue weighted by molar-refractivity contribution is 0.187. The van der Waals surface area contributed by atoms with Gasteiger partial charge in [0.15, 0.2) is 0 Å². The molecular formula is C11H15N3OS. The fraction of sp³-hybridized carbons (Fsp3) is 0.455. The van der Waals surface area contributed by atoms with Crippen molar-refractivity contribution in [3.63, 3.8) is 0 Å². The molecule has 0 amide bonds. The summed E-state index contributed by atoms with van der Waals surface area (Å²) < 4.78 is 5.31. The van der Waals surface area contributed by atoms with E-state index < -0.39 is 0 Å². The zero-order valence-electron chi connectivity index (χ0n) is 8.98. The third kappa shape index (κ3) is 2.90. The predicted octanol–water partition coefficient (Wildman–Crippen LogP) is 1.16. The van der Waals surface area contributed by atoms with Gasteiger partial charge in [-0.05, 0) is 18.6 Å². The molecule has 2 heterocycles. The van der Waals surface area contributed by atoms with Gasteiger partial charge in [-0.25, -0.2) is 0 Å². The minimum Gasteiger partial charge on any atom is -0.388 e. The van der Waals surface area contributed by atoms with Crippen molar-refractivity contribution in [2.45, 2.75) is 6.42 Å². The molecule has 0 saturated carbocycles. The Morgan fingerprint density at radius 2 is 2.56 bits per heavy atom. The van der Waals surface area contributed by atoms with Crippen molar-refractivity contribution >= 4 is 22.9 Å². The number of hydrogen-bond acceptors (Lipinski definition) is 4. The van der Waals surface area contributed by atoms with Crippen molar-refractivity contribution < 1.29 is 4.74 Å². The van der Waals surface area contributed by atoms with Gasteiger partial charge in [-0.3, -0.25) is 4.98 Å². The van der Waals surface area contributed by atoms with Crippen molar-refractivity contribution in [2.24, 2.45) is 11.7 Å². The summed E-state index contributed by atoms with van der Waals surface area (Å²) in [4.78, 5) is 4.41. The number of anilines is 1. The van der Waals surface area contributed by atoms with Crippen LogP contribution in [0.1, 0.15) is 12.1 Å². The second-order valence-electron chi connectivity index (χ2n) is 3.90. The molecule has 4 nitrogen and oxygen atoms in total. The predicted molar refractivity (Wildman–Crippen MR) is 67.5 cm³/mol. The summed E-state index contributed by atoms with van der Waals surface area (Å²) in [7, 11) is 0. The molecule has 3 N–H and O–H groups in total. The van der Waals surface area contributed by atoms with E-state index in [1.807, 2.05) is 12.1 Å². The lowest BCUT2D eigenvalue weighted by Crippen LogP contribution is -2.15. The van der Waals surface area contributed by atoms with Gasteiger partial charge in [0, 0.05) is 31.0 Å². The van der Waals surface area contributed by atoms with Crippen LogP contribution in [-0.2, 0) is 4.74 Å². The van der Waals surface area contributed by atoms with E-state index in [-0.39, 0.29) is 0 Å². The number of nitrogens with zero attached hydrogens (tertiary/aromatic N) is 1. The summed E-state index contributed by atoms with van der Waals surface area (Å²) in [5.41, 5.74) is 7.18. The molecule has 1 unspecified atom stereocenters. The van der Waals surface area contributed by atoms with Gasteiger partial charge in [-0.15, -0.1) is 0 Å². The first-order valence-electron chi connectivity index (χ1n) is 5.33. The fourth-order valence-electron chi connectivity index (χ4n) is 1.68. The van der Waals surface area contributed by atoms with E-state index in [4.69, 9.17) is 22.7 Å². The standard InChI is InChI=1S/C11H15N3OS/c12-11(16)10-5-9(1-3-13-10)14-6-8-2-4-15-7-8/h1,3,5,8H,2,4,6-7H2,(H2,12,16)(H,13,14). The second-order valence-corrected chi connectivity index (χ2v) is 4.34. The molecule has 1 atom stereocenters. The van der Waals surface area contributed by atoms with E-state index in [0.29, 0.717) is 16.6 Å². The molecule has 86 valence electrons. The van der Waals surface area contributed by atoms with E-state index in [2.05, 4.69) is 10.3 Å². The van der Waals surface area contributed by atoms with E-state index in [1.165, 1.54) is 0 Å². The molecule has 1 saturated heterocycles. The molecule has 2 rings (SSSR count). The fourth-order valence-corrected chi connectivity index (χ4v) is 1.79. The van der Waals surface area contributed by atoms with Gasteiger partial charge in [-0.1, -0.05) is 12.2 Å². The summed E-state index contributed by atoms with van der Waals surface area (Å²) in [6, 6.07) is 3.79. The number of nitrogens with two attached hydrogens (primary N) is 1. The van der Waals surface area contributed by atoms with Gasteiger partial charge < -0.3 is 15.8 Å². The van der Waals surface area contributed by atoms with E-state index >= 15 is 0 Å². The molecule has 1 aliphatic heterocycles. The van der Waals surface area contributed by atoms with Crippen LogP contribution in [-0.4, -0.2) is 29.7 Å². The lowest BCUT2D eigenvalue weighted by Gasteiger charge is -2.11. The number of rotatable bonds is 4. The number of hydrogen-bond donors (Lipinski definition) is 2. The highest BCUT2D eigenvalue weighted by molar-refractivity contribution is 7.80. The lowest BCUT2D eigenvalue weighted by atomic mass is 10.1. The third-order valence-electron chi connectivity index (χ3n) is 2.63. The molecule has 1 aromatic heterocycles. The number of thiocarbonyl (C=S) groups is 1. The molecule has 1 aromatic rings. The van der Waals surface area contributed by atoms with Crippen LogP contribution in [0.25, 0.3) is 0 Å². The second kappa shape index (κ2) is 5.23. The molecule has 0 radical (unpaired) electrons. The van der Waals surface area contributed by atoms with Crippen LogP contribution in [0.5, 0.6) is 0 Å². The van der Waals surface area contributed by atoms with Gasteiger partial charge in [0.25, 0.3) is 0 Å². The van der Waals surface area contributed by atoms with Crippen LogP contribution in [0.2, 0.25) is 0 Å². The highest BCUT2D eigenvalue weighted by Gasteiger charge is 2.14. The van der Waals surface area contributed by atoms with E-state index in [9.17, 15) is 0 Å². The van der Waals surface area contributed by atoms with Gasteiger partial charge in [0.2, 0.25) is 0 Å². The number of nitrogens with one attached hydrogen (secondary N) is 1. The quantitative estimate of drug-likeness (QED) is 0.770. The summed E-state index contributed by atoms with van der Waals surface area (Å²) in [6.45, 7) is 2.64. The zero-order chi connectivity index (χ0) is 11.4. The van der Waals surface area contributed by atoms with Crippen molar-refractivity contribution in [3.05, 3.63) is 24.0 Å². The zero-order valence-corrected chi connectivity index (χ0v) is 9.80. The molecule has 1 fully saturated rings. The molecule has 5 heteroatoms. The van der Waals surface area contributed by atoms with E-state index in [0.717, 1.165) is 31.9 Å². The normalized spacial score (nSPS) is 19.6. The Labute approximate surface area is 100 Å². The molecule has 0 aromatic carbocycles. The Kier molecular flexibility index (Phi) is 3.69. The maximum Gasteiger partial charge on any atom is 0.122 e. The number of pyridine rings is 1. The first-order chi connectivity index (χ1) is 7.75. The monoisotopic (exact) mass is 237 g/mol. The Balaban J connectivity index is 1.93. The van der Waals surface area contributed by atoms with Crippen LogP contribution in [0, 0.1) is 5.92 Å². The molecular weight excluding hydrogens is 222 g/mol. The highest BCUT2D eigenvalue weighted by Crippen LogP contribution is 2.14. The largest absolute Gasteiger partial charge is 0.388 e. The molecule has 16 heavy (non-hydrogen) atoms. The Bertz CT molecular complexity index is 377. The summed E-state index contributed by atoms with van der Waals surface area (Å²) in [5.74, 6) is 0.599.